The van der Waals surface area contributed by atoms with Crippen molar-refractivity contribution in [3.8, 4) is 0 Å². The zero-order valence-electron chi connectivity index (χ0n) is 20.7. The van der Waals surface area contributed by atoms with Crippen molar-refractivity contribution in [3.05, 3.63) is 107 Å². The summed E-state index contributed by atoms with van der Waals surface area (Å²) in [6.07, 6.45) is 6.48. The SMILES string of the molecule is CSc1ccc([C@@H]2C3=C(CC(C)(C)CC3=O)N(c3cccnc3)C(=N)/C2=C(/O)c2ccccc2)cc1. The van der Waals surface area contributed by atoms with Crippen LogP contribution in [-0.4, -0.2) is 28.0 Å². The third-order valence-electron chi connectivity index (χ3n) is 6.88. The molecule has 0 saturated heterocycles. The van der Waals surface area contributed by atoms with E-state index in [-0.39, 0.29) is 22.8 Å². The van der Waals surface area contributed by atoms with E-state index in [9.17, 15) is 15.3 Å². The molecular weight excluding hydrogens is 466 g/mol. The minimum atomic E-state index is -0.542. The molecule has 0 fully saturated rings. The third-order valence-corrected chi connectivity index (χ3v) is 7.62. The number of anilines is 1. The van der Waals surface area contributed by atoms with Crippen molar-refractivity contribution in [3.63, 3.8) is 0 Å². The van der Waals surface area contributed by atoms with Gasteiger partial charge >= 0.3 is 0 Å². The molecule has 2 aliphatic rings. The number of hydrogen-bond acceptors (Lipinski definition) is 5. The summed E-state index contributed by atoms with van der Waals surface area (Å²) in [4.78, 5) is 21.1. The summed E-state index contributed by atoms with van der Waals surface area (Å²) in [7, 11) is 0. The van der Waals surface area contributed by atoms with Gasteiger partial charge in [0.05, 0.1) is 11.9 Å². The van der Waals surface area contributed by atoms with Gasteiger partial charge in [-0.25, -0.2) is 0 Å². The van der Waals surface area contributed by atoms with E-state index in [1.54, 1.807) is 24.2 Å². The number of aromatic nitrogens is 1. The van der Waals surface area contributed by atoms with E-state index in [4.69, 9.17) is 0 Å². The highest BCUT2D eigenvalue weighted by Gasteiger charge is 2.46. The molecule has 0 spiro atoms. The number of rotatable bonds is 4. The Bertz CT molecular complexity index is 1380. The van der Waals surface area contributed by atoms with Crippen LogP contribution in [0.5, 0.6) is 0 Å². The van der Waals surface area contributed by atoms with Gasteiger partial charge in [-0.1, -0.05) is 56.3 Å². The lowest BCUT2D eigenvalue weighted by Crippen LogP contribution is -2.45. The van der Waals surface area contributed by atoms with Gasteiger partial charge in [-0.15, -0.1) is 11.8 Å². The Morgan fingerprint density at radius 1 is 1.06 bits per heavy atom. The molecule has 5 nitrogen and oxygen atoms in total. The molecule has 2 heterocycles. The Labute approximate surface area is 216 Å². The number of allylic oxidation sites excluding steroid dienone is 2. The first-order valence-corrected chi connectivity index (χ1v) is 13.2. The number of aliphatic hydroxyl groups is 1. The van der Waals surface area contributed by atoms with Crippen LogP contribution in [0.4, 0.5) is 5.69 Å². The Balaban J connectivity index is 1.84. The number of aliphatic hydroxyl groups excluding tert-OH is 1. The highest BCUT2D eigenvalue weighted by molar-refractivity contribution is 7.98. The highest BCUT2D eigenvalue weighted by atomic mass is 32.2. The fourth-order valence-electron chi connectivity index (χ4n) is 5.27. The largest absolute Gasteiger partial charge is 0.507 e. The summed E-state index contributed by atoms with van der Waals surface area (Å²) < 4.78 is 0. The van der Waals surface area contributed by atoms with Gasteiger partial charge in [0, 0.05) is 45.8 Å². The Kier molecular flexibility index (Phi) is 6.31. The number of pyridine rings is 1. The predicted octanol–water partition coefficient (Wildman–Crippen LogP) is 7.00. The van der Waals surface area contributed by atoms with Gasteiger partial charge in [0.1, 0.15) is 11.6 Å². The molecule has 0 bridgehead atoms. The van der Waals surface area contributed by atoms with Crippen LogP contribution in [0.3, 0.4) is 0 Å². The van der Waals surface area contributed by atoms with Crippen LogP contribution in [0.1, 0.15) is 43.7 Å². The molecule has 0 amide bonds. The molecule has 0 saturated carbocycles. The molecule has 36 heavy (non-hydrogen) atoms. The number of hydrogen-bond donors (Lipinski definition) is 2. The lowest BCUT2D eigenvalue weighted by molar-refractivity contribution is -0.118. The van der Waals surface area contributed by atoms with Crippen LogP contribution in [0, 0.1) is 10.8 Å². The highest BCUT2D eigenvalue weighted by Crippen LogP contribution is 2.51. The van der Waals surface area contributed by atoms with Crippen molar-refractivity contribution in [2.45, 2.75) is 37.5 Å². The zero-order valence-corrected chi connectivity index (χ0v) is 21.5. The van der Waals surface area contributed by atoms with Crippen molar-refractivity contribution < 1.29 is 9.90 Å². The van der Waals surface area contributed by atoms with Gasteiger partial charge in [0.2, 0.25) is 0 Å². The maximum absolute atomic E-state index is 13.9. The topological polar surface area (TPSA) is 77.3 Å². The molecule has 2 N–H and O–H groups in total. The second-order valence-electron chi connectivity index (χ2n) is 10.0. The molecule has 182 valence electrons. The molecule has 1 aromatic heterocycles. The number of amidine groups is 1. The molecule has 1 aliphatic carbocycles. The zero-order chi connectivity index (χ0) is 25.4. The van der Waals surface area contributed by atoms with Gasteiger partial charge in [-0.2, -0.15) is 0 Å². The van der Waals surface area contributed by atoms with Crippen LogP contribution < -0.4 is 4.90 Å². The Morgan fingerprint density at radius 2 is 1.78 bits per heavy atom. The molecule has 0 radical (unpaired) electrons. The first kappa shape index (κ1) is 24.1. The predicted molar refractivity (Wildman–Crippen MR) is 146 cm³/mol. The van der Waals surface area contributed by atoms with E-state index in [0.29, 0.717) is 35.2 Å². The molecule has 1 aliphatic heterocycles. The van der Waals surface area contributed by atoms with Crippen LogP contribution in [0.2, 0.25) is 0 Å². The van der Waals surface area contributed by atoms with Gasteiger partial charge in [-0.05, 0) is 47.9 Å². The standard InChI is InChI=1S/C30H29N3O2S/c1-30(2)16-23-26(24(34)17-30)25(19-11-13-22(36-3)14-12-19)27(28(35)20-8-5-4-6-9-20)29(31)33(23)21-10-7-15-32-18-21/h4-15,18,25,31,35H,16-17H2,1-3H3/b28-27+,31-29?/t25-/m1/s1. The second-order valence-corrected chi connectivity index (χ2v) is 10.9. The quantitative estimate of drug-likeness (QED) is 0.301. The maximum atomic E-state index is 13.9. The van der Waals surface area contributed by atoms with Crippen molar-refractivity contribution in [2.75, 3.05) is 11.2 Å². The molecule has 5 rings (SSSR count). The number of carbonyl (C=O) groups is 1. The van der Waals surface area contributed by atoms with Crippen LogP contribution in [0.15, 0.2) is 101 Å². The van der Waals surface area contributed by atoms with Gasteiger partial charge in [0.25, 0.3) is 0 Å². The van der Waals surface area contributed by atoms with Crippen molar-refractivity contribution >= 4 is 34.8 Å². The fraction of sp³-hybridized carbons (Fsp3) is 0.233. The molecule has 3 aromatic rings. The van der Waals surface area contributed by atoms with Crippen molar-refractivity contribution in [2.24, 2.45) is 5.41 Å². The minimum absolute atomic E-state index is 0.0117. The molecule has 6 heteroatoms. The minimum Gasteiger partial charge on any atom is -0.507 e. The smallest absolute Gasteiger partial charge is 0.162 e. The van der Waals surface area contributed by atoms with E-state index in [1.807, 2.05) is 77.9 Å². The van der Waals surface area contributed by atoms with E-state index in [1.165, 1.54) is 0 Å². The first-order valence-electron chi connectivity index (χ1n) is 12.0. The summed E-state index contributed by atoms with van der Waals surface area (Å²) in [5.41, 5.74) is 3.86. The fourth-order valence-corrected chi connectivity index (χ4v) is 5.67. The van der Waals surface area contributed by atoms with Crippen molar-refractivity contribution in [1.29, 1.82) is 5.41 Å². The van der Waals surface area contributed by atoms with E-state index in [2.05, 4.69) is 18.8 Å². The number of ketones is 1. The normalized spacial score (nSPS) is 20.9. The average molecular weight is 496 g/mol. The number of benzene rings is 2. The summed E-state index contributed by atoms with van der Waals surface area (Å²) in [6, 6.07) is 21.1. The first-order chi connectivity index (χ1) is 17.3. The van der Waals surface area contributed by atoms with Crippen LogP contribution >= 0.6 is 11.8 Å². The number of Topliss-reactive ketones (excluding diaryl/α,β-unsaturated/α-hetero) is 1. The average Bonchev–Trinajstić information content (AvgIpc) is 2.88. The lowest BCUT2D eigenvalue weighted by Gasteiger charge is -2.45. The summed E-state index contributed by atoms with van der Waals surface area (Å²) in [6.45, 7) is 4.18. The van der Waals surface area contributed by atoms with Gasteiger partial charge in [-0.3, -0.25) is 20.1 Å². The number of nitrogens with one attached hydrogen (secondary N) is 1. The molecule has 1 atom stereocenters. The Hall–Kier alpha value is -3.64. The molecule has 2 aromatic carbocycles. The number of thioether (sulfide) groups is 1. The van der Waals surface area contributed by atoms with E-state index in [0.717, 1.165) is 16.2 Å². The third kappa shape index (κ3) is 4.26. The number of nitrogens with zero attached hydrogens (tertiary/aromatic N) is 2. The summed E-state index contributed by atoms with van der Waals surface area (Å²) >= 11 is 1.65. The molecular formula is C30H29N3O2S. The Morgan fingerprint density at radius 3 is 2.42 bits per heavy atom. The monoisotopic (exact) mass is 495 g/mol. The van der Waals surface area contributed by atoms with Crippen molar-refractivity contribution in [1.82, 2.24) is 4.98 Å². The summed E-state index contributed by atoms with van der Waals surface area (Å²) in [5.74, 6) is -0.315. The number of carbonyl (C=O) groups excluding carboxylic acids is 1. The molecule has 0 unspecified atom stereocenters. The summed E-state index contributed by atoms with van der Waals surface area (Å²) in [5, 5.41) is 21.1. The van der Waals surface area contributed by atoms with Gasteiger partial charge < -0.3 is 5.11 Å². The van der Waals surface area contributed by atoms with Crippen LogP contribution in [-0.2, 0) is 4.79 Å². The van der Waals surface area contributed by atoms with E-state index >= 15 is 0 Å². The lowest BCUT2D eigenvalue weighted by atomic mass is 9.67. The van der Waals surface area contributed by atoms with Crippen LogP contribution in [0.25, 0.3) is 5.76 Å². The second kappa shape index (κ2) is 9.43. The maximum Gasteiger partial charge on any atom is 0.162 e. The van der Waals surface area contributed by atoms with E-state index < -0.39 is 5.92 Å². The van der Waals surface area contributed by atoms with Gasteiger partial charge in [0.15, 0.2) is 5.78 Å².